The molecule has 1 aliphatic carbocycles. The molecule has 0 fully saturated rings. The molecule has 0 saturated carbocycles. The number of nitrogens with zero attached hydrogens (tertiary/aromatic N) is 1. The number of aryl methyl sites for hydroxylation is 1. The number of nitrogens with one attached hydrogen (secondary N) is 2. The van der Waals surface area contributed by atoms with Crippen LogP contribution in [0.5, 0.6) is 0 Å². The number of hydrogen-bond acceptors (Lipinski definition) is 5. The SMILES string of the molecule is O=C(CCc1csc(NC(=O)c2cccs2)n1)NCCC1=CCCCC1. The van der Waals surface area contributed by atoms with E-state index in [0.717, 1.165) is 12.1 Å². The number of aromatic nitrogens is 1. The van der Waals surface area contributed by atoms with E-state index in [4.69, 9.17) is 0 Å². The maximum atomic E-state index is 12.0. The first-order valence-corrected chi connectivity index (χ1v) is 10.7. The molecule has 5 nitrogen and oxygen atoms in total. The lowest BCUT2D eigenvalue weighted by atomic mass is 9.97. The highest BCUT2D eigenvalue weighted by Gasteiger charge is 2.11. The molecule has 0 spiro atoms. The Bertz CT molecular complexity index is 766. The van der Waals surface area contributed by atoms with Crippen molar-refractivity contribution in [3.8, 4) is 0 Å². The number of carbonyl (C=O) groups is 2. The molecule has 0 saturated heterocycles. The van der Waals surface area contributed by atoms with Gasteiger partial charge in [-0.05, 0) is 50.0 Å². The van der Waals surface area contributed by atoms with Gasteiger partial charge in [-0.3, -0.25) is 14.9 Å². The second kappa shape index (κ2) is 9.64. The van der Waals surface area contributed by atoms with Crippen molar-refractivity contribution in [2.24, 2.45) is 0 Å². The highest BCUT2D eigenvalue weighted by Crippen LogP contribution is 2.20. The lowest BCUT2D eigenvalue weighted by Gasteiger charge is -2.12. The third-order valence-corrected chi connectivity index (χ3v) is 5.95. The number of thiophene rings is 1. The van der Waals surface area contributed by atoms with Crippen molar-refractivity contribution in [1.29, 1.82) is 0 Å². The molecule has 3 rings (SSSR count). The van der Waals surface area contributed by atoms with Gasteiger partial charge in [-0.25, -0.2) is 4.98 Å². The zero-order valence-electron chi connectivity index (χ0n) is 14.6. The summed E-state index contributed by atoms with van der Waals surface area (Å²) in [7, 11) is 0. The molecular formula is C19H23N3O2S2. The Morgan fingerprint density at radius 2 is 2.12 bits per heavy atom. The highest BCUT2D eigenvalue weighted by molar-refractivity contribution is 7.14. The van der Waals surface area contributed by atoms with Crippen molar-refractivity contribution < 1.29 is 9.59 Å². The monoisotopic (exact) mass is 389 g/mol. The molecule has 0 aliphatic heterocycles. The molecule has 0 radical (unpaired) electrons. The van der Waals surface area contributed by atoms with Crippen LogP contribution in [0.15, 0.2) is 34.5 Å². The van der Waals surface area contributed by atoms with E-state index in [0.29, 0.717) is 29.4 Å². The third kappa shape index (κ3) is 5.78. The first kappa shape index (κ1) is 18.8. The first-order valence-electron chi connectivity index (χ1n) is 8.94. The van der Waals surface area contributed by atoms with E-state index in [1.807, 2.05) is 16.8 Å². The Hall–Kier alpha value is -1.99. The van der Waals surface area contributed by atoms with Gasteiger partial charge in [-0.1, -0.05) is 17.7 Å². The van der Waals surface area contributed by atoms with Gasteiger partial charge in [0, 0.05) is 18.3 Å². The smallest absolute Gasteiger partial charge is 0.267 e. The van der Waals surface area contributed by atoms with Crippen molar-refractivity contribution in [2.75, 3.05) is 11.9 Å². The van der Waals surface area contributed by atoms with Crippen molar-refractivity contribution in [1.82, 2.24) is 10.3 Å². The maximum Gasteiger partial charge on any atom is 0.267 e. The van der Waals surface area contributed by atoms with Gasteiger partial charge in [0.05, 0.1) is 10.6 Å². The number of anilines is 1. The molecule has 2 aromatic rings. The third-order valence-electron chi connectivity index (χ3n) is 4.28. The van der Waals surface area contributed by atoms with E-state index in [1.54, 1.807) is 6.07 Å². The first-order chi connectivity index (χ1) is 12.7. The molecule has 26 heavy (non-hydrogen) atoms. The van der Waals surface area contributed by atoms with Crippen LogP contribution < -0.4 is 10.6 Å². The Kier molecular flexibility index (Phi) is 6.96. The molecule has 138 valence electrons. The lowest BCUT2D eigenvalue weighted by molar-refractivity contribution is -0.121. The highest BCUT2D eigenvalue weighted by atomic mass is 32.1. The molecule has 2 heterocycles. The van der Waals surface area contributed by atoms with Crippen LogP contribution in [0.4, 0.5) is 5.13 Å². The van der Waals surface area contributed by atoms with Crippen LogP contribution in [-0.2, 0) is 11.2 Å². The minimum absolute atomic E-state index is 0.0542. The van der Waals surface area contributed by atoms with E-state index in [-0.39, 0.29) is 11.8 Å². The second-order valence-electron chi connectivity index (χ2n) is 6.28. The topological polar surface area (TPSA) is 71.1 Å². The zero-order valence-corrected chi connectivity index (χ0v) is 16.3. The van der Waals surface area contributed by atoms with Crippen LogP contribution in [0, 0.1) is 0 Å². The van der Waals surface area contributed by atoms with E-state index in [9.17, 15) is 9.59 Å². The predicted molar refractivity (Wildman–Crippen MR) is 107 cm³/mol. The molecule has 2 N–H and O–H groups in total. The Balaban J connectivity index is 1.36. The van der Waals surface area contributed by atoms with Crippen LogP contribution in [0.3, 0.4) is 0 Å². The number of hydrogen-bond donors (Lipinski definition) is 2. The molecule has 1 aliphatic rings. The average Bonchev–Trinajstić information content (AvgIpc) is 3.33. The molecule has 2 aromatic heterocycles. The zero-order chi connectivity index (χ0) is 18.2. The summed E-state index contributed by atoms with van der Waals surface area (Å²) in [5.41, 5.74) is 2.31. The summed E-state index contributed by atoms with van der Waals surface area (Å²) in [6.07, 6.45) is 9.20. The molecule has 7 heteroatoms. The minimum atomic E-state index is -0.143. The van der Waals surface area contributed by atoms with Crippen molar-refractivity contribution in [2.45, 2.75) is 44.9 Å². The summed E-state index contributed by atoms with van der Waals surface area (Å²) in [6.45, 7) is 0.712. The van der Waals surface area contributed by atoms with E-state index in [1.165, 1.54) is 53.9 Å². The van der Waals surface area contributed by atoms with E-state index < -0.39 is 0 Å². The Labute approximate surface area is 161 Å². The molecule has 0 unspecified atom stereocenters. The molecule has 2 amide bonds. The van der Waals surface area contributed by atoms with Gasteiger partial charge in [-0.15, -0.1) is 22.7 Å². The summed E-state index contributed by atoms with van der Waals surface area (Å²) in [5, 5.41) is 10.1. The Morgan fingerprint density at radius 3 is 2.88 bits per heavy atom. The van der Waals surface area contributed by atoms with E-state index in [2.05, 4.69) is 21.7 Å². The summed E-state index contributed by atoms with van der Waals surface area (Å²) in [4.78, 5) is 29.0. The quantitative estimate of drug-likeness (QED) is 0.658. The fourth-order valence-electron chi connectivity index (χ4n) is 2.87. The van der Waals surface area contributed by atoms with Gasteiger partial charge >= 0.3 is 0 Å². The molecule has 0 aromatic carbocycles. The van der Waals surface area contributed by atoms with Crippen LogP contribution >= 0.6 is 22.7 Å². The number of rotatable bonds is 8. The fraction of sp³-hybridized carbons (Fsp3) is 0.421. The van der Waals surface area contributed by atoms with Crippen molar-refractivity contribution in [3.63, 3.8) is 0 Å². The van der Waals surface area contributed by atoms with Crippen LogP contribution in [-0.4, -0.2) is 23.3 Å². The largest absolute Gasteiger partial charge is 0.356 e. The van der Waals surface area contributed by atoms with Crippen LogP contribution in [0.25, 0.3) is 0 Å². The normalized spacial score (nSPS) is 13.9. The van der Waals surface area contributed by atoms with Gasteiger partial charge in [-0.2, -0.15) is 0 Å². The summed E-state index contributed by atoms with van der Waals surface area (Å²) < 4.78 is 0. The lowest BCUT2D eigenvalue weighted by Crippen LogP contribution is -2.25. The van der Waals surface area contributed by atoms with Crippen molar-refractivity contribution in [3.05, 3.63) is 45.1 Å². The molecular weight excluding hydrogens is 366 g/mol. The number of thiazole rings is 1. The second-order valence-corrected chi connectivity index (χ2v) is 8.09. The van der Waals surface area contributed by atoms with Gasteiger partial charge in [0.2, 0.25) is 5.91 Å². The summed E-state index contributed by atoms with van der Waals surface area (Å²) >= 11 is 2.78. The summed E-state index contributed by atoms with van der Waals surface area (Å²) in [6, 6.07) is 3.62. The number of allylic oxidation sites excluding steroid dienone is 1. The van der Waals surface area contributed by atoms with Crippen LogP contribution in [0.2, 0.25) is 0 Å². The number of amides is 2. The van der Waals surface area contributed by atoms with Gasteiger partial charge in [0.1, 0.15) is 0 Å². The van der Waals surface area contributed by atoms with E-state index >= 15 is 0 Å². The van der Waals surface area contributed by atoms with Crippen LogP contribution in [0.1, 0.15) is 53.9 Å². The Morgan fingerprint density at radius 1 is 1.19 bits per heavy atom. The predicted octanol–water partition coefficient (Wildman–Crippen LogP) is 4.40. The standard InChI is InChI=1S/C19H23N3O2S2/c23-17(20-11-10-14-5-2-1-3-6-14)9-8-15-13-26-19(21-15)22-18(24)16-7-4-12-25-16/h4-5,7,12-13H,1-3,6,8-11H2,(H,20,23)(H,21,22,24). The number of carbonyl (C=O) groups excluding carboxylic acids is 2. The van der Waals surface area contributed by atoms with Gasteiger partial charge in [0.25, 0.3) is 5.91 Å². The average molecular weight is 390 g/mol. The molecule has 0 atom stereocenters. The van der Waals surface area contributed by atoms with Crippen molar-refractivity contribution >= 4 is 39.6 Å². The van der Waals surface area contributed by atoms with Gasteiger partial charge < -0.3 is 5.32 Å². The van der Waals surface area contributed by atoms with Gasteiger partial charge in [0.15, 0.2) is 5.13 Å². The minimum Gasteiger partial charge on any atom is -0.356 e. The summed E-state index contributed by atoms with van der Waals surface area (Å²) in [5.74, 6) is -0.0887. The maximum absolute atomic E-state index is 12.0. The fourth-order valence-corrected chi connectivity index (χ4v) is 4.23. The molecule has 0 bridgehead atoms.